The summed E-state index contributed by atoms with van der Waals surface area (Å²) in [6, 6.07) is 0. The molecule has 1 aliphatic carbocycles. The van der Waals surface area contributed by atoms with Gasteiger partial charge in [-0.3, -0.25) is 14.4 Å². The summed E-state index contributed by atoms with van der Waals surface area (Å²) >= 11 is 0. The first-order valence-electron chi connectivity index (χ1n) is 11.6. The van der Waals surface area contributed by atoms with Crippen LogP contribution in [0.15, 0.2) is 36.1 Å². The van der Waals surface area contributed by atoms with Crippen molar-refractivity contribution < 1.29 is 33.4 Å². The lowest BCUT2D eigenvalue weighted by molar-refractivity contribution is -0.205. The van der Waals surface area contributed by atoms with Gasteiger partial charge in [-0.25, -0.2) is 4.79 Å². The van der Waals surface area contributed by atoms with Crippen molar-refractivity contribution in [1.82, 2.24) is 0 Å². The molecule has 7 heteroatoms. The lowest BCUT2D eigenvalue weighted by Crippen LogP contribution is -2.41. The van der Waals surface area contributed by atoms with Crippen LogP contribution in [-0.2, 0) is 33.4 Å². The lowest BCUT2D eigenvalue weighted by atomic mass is 9.83. The van der Waals surface area contributed by atoms with Crippen LogP contribution in [0, 0.1) is 11.8 Å². The molecule has 2 rings (SSSR count). The molecule has 0 aromatic rings. The summed E-state index contributed by atoms with van der Waals surface area (Å²) in [6.45, 7) is 12.8. The minimum absolute atomic E-state index is 0.0634. The van der Waals surface area contributed by atoms with E-state index in [2.05, 4.69) is 6.58 Å². The van der Waals surface area contributed by atoms with Crippen molar-refractivity contribution in [3.8, 4) is 0 Å². The molecule has 0 aromatic heterocycles. The summed E-state index contributed by atoms with van der Waals surface area (Å²) < 4.78 is 16.3. The molecule has 0 saturated heterocycles. The van der Waals surface area contributed by atoms with E-state index in [0.717, 1.165) is 30.9 Å². The van der Waals surface area contributed by atoms with E-state index in [1.807, 2.05) is 26.0 Å². The predicted molar refractivity (Wildman–Crippen MR) is 123 cm³/mol. The monoisotopic (exact) mass is 460 g/mol. The number of allylic oxidation sites excluding steroid dienone is 3. The quantitative estimate of drug-likeness (QED) is 0.190. The van der Waals surface area contributed by atoms with Gasteiger partial charge in [-0.15, -0.1) is 0 Å². The number of carbonyl (C=O) groups is 4. The van der Waals surface area contributed by atoms with Crippen LogP contribution in [0.25, 0.3) is 0 Å². The van der Waals surface area contributed by atoms with E-state index in [1.165, 1.54) is 0 Å². The predicted octanol–water partition coefficient (Wildman–Crippen LogP) is 4.75. The summed E-state index contributed by atoms with van der Waals surface area (Å²) in [7, 11) is 0. The lowest BCUT2D eigenvalue weighted by Gasteiger charge is -2.33. The maximum atomic E-state index is 13.1. The van der Waals surface area contributed by atoms with Gasteiger partial charge in [0.05, 0.1) is 12.5 Å². The third-order valence-electron chi connectivity index (χ3n) is 5.86. The van der Waals surface area contributed by atoms with Crippen molar-refractivity contribution in [2.45, 2.75) is 91.0 Å². The molecule has 0 bridgehead atoms. The van der Waals surface area contributed by atoms with Gasteiger partial charge in [0, 0.05) is 20.3 Å². The molecule has 3 atom stereocenters. The Morgan fingerprint density at radius 1 is 1.18 bits per heavy atom. The van der Waals surface area contributed by atoms with Crippen LogP contribution < -0.4 is 0 Å². The van der Waals surface area contributed by atoms with Crippen molar-refractivity contribution in [3.05, 3.63) is 36.1 Å². The maximum absolute atomic E-state index is 13.1. The van der Waals surface area contributed by atoms with Gasteiger partial charge in [0.1, 0.15) is 11.4 Å². The van der Waals surface area contributed by atoms with E-state index >= 15 is 0 Å². The highest BCUT2D eigenvalue weighted by Gasteiger charge is 2.41. The van der Waals surface area contributed by atoms with Crippen molar-refractivity contribution in [2.75, 3.05) is 0 Å². The average Bonchev–Trinajstić information content (AvgIpc) is 2.66. The number of hydrogen-bond acceptors (Lipinski definition) is 7. The van der Waals surface area contributed by atoms with E-state index in [-0.39, 0.29) is 24.5 Å². The molecule has 0 radical (unpaired) electrons. The number of rotatable bonds is 11. The summed E-state index contributed by atoms with van der Waals surface area (Å²) in [5.74, 6) is -5.15. The van der Waals surface area contributed by atoms with Crippen molar-refractivity contribution in [3.63, 3.8) is 0 Å². The van der Waals surface area contributed by atoms with Crippen LogP contribution >= 0.6 is 0 Å². The summed E-state index contributed by atoms with van der Waals surface area (Å²) in [5.41, 5.74) is 0.124. The molecule has 2 aliphatic rings. The van der Waals surface area contributed by atoms with Crippen LogP contribution in [0.1, 0.15) is 79.6 Å². The Morgan fingerprint density at radius 3 is 2.42 bits per heavy atom. The molecule has 0 amide bonds. The smallest absolute Gasteiger partial charge is 0.337 e. The highest BCUT2D eigenvalue weighted by molar-refractivity contribution is 6.17. The molecule has 7 nitrogen and oxygen atoms in total. The zero-order valence-electron chi connectivity index (χ0n) is 20.4. The number of Topliss-reactive ketones (excluding diaryl/α,β-unsaturated/α-hetero) is 2. The molecule has 33 heavy (non-hydrogen) atoms. The summed E-state index contributed by atoms with van der Waals surface area (Å²) in [4.78, 5) is 50.9. The Kier molecular flexibility index (Phi) is 8.81. The zero-order valence-corrected chi connectivity index (χ0v) is 20.4. The second-order valence-electron chi connectivity index (χ2n) is 9.62. The highest BCUT2D eigenvalue weighted by atomic mass is 16.7. The summed E-state index contributed by atoms with van der Waals surface area (Å²) in [6.07, 6.45) is 8.19. The second kappa shape index (κ2) is 10.9. The third-order valence-corrected chi connectivity index (χ3v) is 5.86. The van der Waals surface area contributed by atoms with Gasteiger partial charge < -0.3 is 14.2 Å². The maximum Gasteiger partial charge on any atom is 0.337 e. The number of ether oxygens (including phenoxy) is 3. The van der Waals surface area contributed by atoms with Crippen LogP contribution in [0.5, 0.6) is 0 Å². The molecule has 0 saturated carbocycles. The Balaban J connectivity index is 2.19. The van der Waals surface area contributed by atoms with Crippen LogP contribution in [-0.4, -0.2) is 34.9 Å². The topological polar surface area (TPSA) is 96.0 Å². The molecular formula is C26H36O7. The van der Waals surface area contributed by atoms with Crippen molar-refractivity contribution in [1.29, 1.82) is 0 Å². The van der Waals surface area contributed by atoms with Gasteiger partial charge in [-0.05, 0) is 45.1 Å². The fourth-order valence-electron chi connectivity index (χ4n) is 3.99. The second-order valence-corrected chi connectivity index (χ2v) is 9.62. The number of cyclic esters (lactones) is 1. The first-order chi connectivity index (χ1) is 15.4. The minimum atomic E-state index is -1.56. The third kappa shape index (κ3) is 7.69. The van der Waals surface area contributed by atoms with Crippen LogP contribution in [0.3, 0.4) is 0 Å². The largest absolute Gasteiger partial charge is 0.456 e. The number of hydrogen-bond donors (Lipinski definition) is 0. The van der Waals surface area contributed by atoms with Gasteiger partial charge in [0.2, 0.25) is 5.79 Å². The fourth-order valence-corrected chi connectivity index (χ4v) is 3.99. The van der Waals surface area contributed by atoms with Gasteiger partial charge in [0.15, 0.2) is 17.5 Å². The van der Waals surface area contributed by atoms with E-state index < -0.39 is 40.8 Å². The van der Waals surface area contributed by atoms with Crippen molar-refractivity contribution in [2.24, 2.45) is 11.8 Å². The van der Waals surface area contributed by atoms with Gasteiger partial charge >= 0.3 is 11.9 Å². The minimum Gasteiger partial charge on any atom is -0.456 e. The number of unbranched alkanes of at least 4 members (excludes halogenated alkanes) is 2. The molecule has 1 heterocycles. The molecule has 1 aliphatic heterocycles. The number of esters is 2. The molecule has 3 unspecified atom stereocenters. The van der Waals surface area contributed by atoms with E-state index in [9.17, 15) is 19.2 Å². The normalized spacial score (nSPS) is 24.7. The zero-order chi connectivity index (χ0) is 24.8. The van der Waals surface area contributed by atoms with E-state index in [1.54, 1.807) is 20.8 Å². The number of carbonyl (C=O) groups excluding carboxylic acids is 4. The molecule has 182 valence electrons. The van der Waals surface area contributed by atoms with E-state index in [4.69, 9.17) is 14.2 Å². The molecule has 0 aromatic carbocycles. The Bertz CT molecular complexity index is 864. The first-order valence-corrected chi connectivity index (χ1v) is 11.6. The Morgan fingerprint density at radius 2 is 1.88 bits per heavy atom. The molecule has 0 N–H and O–H groups in total. The van der Waals surface area contributed by atoms with Gasteiger partial charge in [0.25, 0.3) is 0 Å². The van der Waals surface area contributed by atoms with Crippen molar-refractivity contribution >= 4 is 23.5 Å². The fraction of sp³-hybridized carbons (Fsp3) is 0.615. The summed E-state index contributed by atoms with van der Waals surface area (Å²) in [5, 5.41) is 0. The molecular weight excluding hydrogens is 424 g/mol. The Hall–Kier alpha value is -2.70. The first kappa shape index (κ1) is 26.6. The number of ketones is 2. The van der Waals surface area contributed by atoms with Crippen LogP contribution in [0.2, 0.25) is 0 Å². The molecule has 0 spiro atoms. The van der Waals surface area contributed by atoms with Crippen LogP contribution in [0.4, 0.5) is 0 Å². The highest BCUT2D eigenvalue weighted by Crippen LogP contribution is 2.33. The Labute approximate surface area is 196 Å². The van der Waals surface area contributed by atoms with Gasteiger partial charge in [-0.2, -0.15) is 0 Å². The van der Waals surface area contributed by atoms with E-state index in [0.29, 0.717) is 12.8 Å². The SMILES string of the molecule is C=C(C)C1C=CC(C)(OC(=O)C(C(=O)CCCCC)C(=O)CC2=CC(=O)OC(C)(C)O2)CC1. The molecule has 0 fully saturated rings. The average molecular weight is 461 g/mol. The standard InChI is InChI=1S/C26H36O7/c1-7-8-9-10-20(27)23(21(28)15-19-16-22(29)32-25(4,5)31-19)24(30)33-26(6)13-11-18(12-14-26)17(2)3/h11,13,16,18,23H,2,7-10,12,14-15H2,1,3-6H3. The van der Waals surface area contributed by atoms with Gasteiger partial charge in [-0.1, -0.05) is 38.0 Å².